The van der Waals surface area contributed by atoms with E-state index in [1.54, 1.807) is 0 Å². The number of hydrogen-bond acceptors (Lipinski definition) is 4. The molecule has 122 valence electrons. The minimum absolute atomic E-state index is 0.0159. The van der Waals surface area contributed by atoms with Crippen molar-refractivity contribution in [3.63, 3.8) is 0 Å². The molecule has 2 rings (SSSR count). The summed E-state index contributed by atoms with van der Waals surface area (Å²) in [6.45, 7) is 10.3. The standard InChI is InChI=1S/C16H25BrN4O/c1-3-20-6-8-21(9-7-20)5-4-15(22)19-14-11-13(17)10-12(2)16(14)18/h10-11H,3-9,18H2,1-2H3,(H,19,22). The number of amides is 1. The van der Waals surface area contributed by atoms with Crippen molar-refractivity contribution in [2.45, 2.75) is 20.3 Å². The Balaban J connectivity index is 1.81. The average molecular weight is 369 g/mol. The molecule has 0 bridgehead atoms. The smallest absolute Gasteiger partial charge is 0.225 e. The predicted octanol–water partition coefficient (Wildman–Crippen LogP) is 2.31. The molecule has 0 saturated carbocycles. The molecule has 1 aromatic rings. The summed E-state index contributed by atoms with van der Waals surface area (Å²) >= 11 is 3.43. The van der Waals surface area contributed by atoms with Crippen LogP contribution in [0.25, 0.3) is 0 Å². The fraction of sp³-hybridized carbons (Fsp3) is 0.562. The van der Waals surface area contributed by atoms with Crippen LogP contribution in [0.1, 0.15) is 18.9 Å². The molecule has 5 nitrogen and oxygen atoms in total. The van der Waals surface area contributed by atoms with Gasteiger partial charge in [0.2, 0.25) is 5.91 Å². The Morgan fingerprint density at radius 3 is 2.55 bits per heavy atom. The lowest BCUT2D eigenvalue weighted by molar-refractivity contribution is -0.116. The van der Waals surface area contributed by atoms with Gasteiger partial charge in [0.15, 0.2) is 0 Å². The number of anilines is 2. The summed E-state index contributed by atoms with van der Waals surface area (Å²) < 4.78 is 0.921. The fourth-order valence-electron chi connectivity index (χ4n) is 2.66. The van der Waals surface area contributed by atoms with Gasteiger partial charge in [-0.3, -0.25) is 4.79 Å². The van der Waals surface area contributed by atoms with Crippen LogP contribution in [0.2, 0.25) is 0 Å². The van der Waals surface area contributed by atoms with Gasteiger partial charge in [-0.05, 0) is 31.2 Å². The highest BCUT2D eigenvalue weighted by Gasteiger charge is 2.16. The third-order valence-corrected chi connectivity index (χ3v) is 4.65. The highest BCUT2D eigenvalue weighted by atomic mass is 79.9. The van der Waals surface area contributed by atoms with E-state index >= 15 is 0 Å². The van der Waals surface area contributed by atoms with Gasteiger partial charge in [-0.15, -0.1) is 0 Å². The van der Waals surface area contributed by atoms with Gasteiger partial charge in [-0.25, -0.2) is 0 Å². The summed E-state index contributed by atoms with van der Waals surface area (Å²) in [5, 5.41) is 2.92. The second-order valence-corrected chi connectivity index (χ2v) is 6.67. The molecule has 1 amide bonds. The summed E-state index contributed by atoms with van der Waals surface area (Å²) in [4.78, 5) is 16.9. The number of aryl methyl sites for hydroxylation is 1. The summed E-state index contributed by atoms with van der Waals surface area (Å²) in [6, 6.07) is 3.79. The molecule has 0 aliphatic carbocycles. The van der Waals surface area contributed by atoms with Crippen LogP contribution in [0.5, 0.6) is 0 Å². The Kier molecular flexibility index (Phi) is 6.23. The number of carbonyl (C=O) groups is 1. The van der Waals surface area contributed by atoms with Gasteiger partial charge in [0, 0.05) is 43.6 Å². The molecule has 1 aliphatic heterocycles. The zero-order valence-corrected chi connectivity index (χ0v) is 14.9. The first-order valence-corrected chi connectivity index (χ1v) is 8.59. The molecule has 0 atom stereocenters. The summed E-state index contributed by atoms with van der Waals surface area (Å²) in [7, 11) is 0. The van der Waals surface area contributed by atoms with Crippen molar-refractivity contribution in [1.29, 1.82) is 0 Å². The minimum atomic E-state index is 0.0159. The summed E-state index contributed by atoms with van der Waals surface area (Å²) in [6.07, 6.45) is 0.497. The van der Waals surface area contributed by atoms with Gasteiger partial charge in [0.1, 0.15) is 0 Å². The topological polar surface area (TPSA) is 61.6 Å². The van der Waals surface area contributed by atoms with Crippen molar-refractivity contribution in [3.8, 4) is 0 Å². The van der Waals surface area contributed by atoms with Gasteiger partial charge in [-0.1, -0.05) is 22.9 Å². The molecule has 1 aromatic carbocycles. The van der Waals surface area contributed by atoms with E-state index in [0.29, 0.717) is 17.8 Å². The highest BCUT2D eigenvalue weighted by molar-refractivity contribution is 9.10. The Hall–Kier alpha value is -1.11. The van der Waals surface area contributed by atoms with Crippen molar-refractivity contribution in [2.75, 3.05) is 50.3 Å². The lowest BCUT2D eigenvalue weighted by Crippen LogP contribution is -2.46. The molecule has 22 heavy (non-hydrogen) atoms. The molecule has 3 N–H and O–H groups in total. The van der Waals surface area contributed by atoms with Crippen molar-refractivity contribution >= 4 is 33.2 Å². The predicted molar refractivity (Wildman–Crippen MR) is 95.1 cm³/mol. The molecule has 6 heteroatoms. The van der Waals surface area contributed by atoms with E-state index < -0.39 is 0 Å². The van der Waals surface area contributed by atoms with E-state index in [1.807, 2.05) is 19.1 Å². The van der Waals surface area contributed by atoms with Crippen LogP contribution in [0.3, 0.4) is 0 Å². The fourth-order valence-corrected chi connectivity index (χ4v) is 3.23. The van der Waals surface area contributed by atoms with Crippen molar-refractivity contribution in [1.82, 2.24) is 9.80 Å². The minimum Gasteiger partial charge on any atom is -0.397 e. The lowest BCUT2D eigenvalue weighted by Gasteiger charge is -2.33. The zero-order valence-electron chi connectivity index (χ0n) is 13.4. The second-order valence-electron chi connectivity index (χ2n) is 5.76. The third-order valence-electron chi connectivity index (χ3n) is 4.19. The molecule has 1 aliphatic rings. The number of rotatable bonds is 5. The van der Waals surface area contributed by atoms with E-state index in [2.05, 4.69) is 38.0 Å². The maximum Gasteiger partial charge on any atom is 0.225 e. The normalized spacial score (nSPS) is 16.7. The number of piperazine rings is 1. The number of hydrogen-bond donors (Lipinski definition) is 2. The second kappa shape index (κ2) is 7.94. The van der Waals surface area contributed by atoms with Gasteiger partial charge in [0.05, 0.1) is 11.4 Å². The van der Waals surface area contributed by atoms with Crippen LogP contribution in [0, 0.1) is 6.92 Å². The highest BCUT2D eigenvalue weighted by Crippen LogP contribution is 2.27. The maximum absolute atomic E-state index is 12.1. The first kappa shape index (κ1) is 17.2. The van der Waals surface area contributed by atoms with Crippen molar-refractivity contribution in [2.24, 2.45) is 0 Å². The maximum atomic E-state index is 12.1. The number of nitrogens with one attached hydrogen (secondary N) is 1. The number of nitrogens with zero attached hydrogens (tertiary/aromatic N) is 2. The molecule has 0 aromatic heterocycles. The number of nitrogen functional groups attached to an aromatic ring is 1. The number of carbonyl (C=O) groups excluding carboxylic acids is 1. The van der Waals surface area contributed by atoms with E-state index in [4.69, 9.17) is 5.73 Å². The summed E-state index contributed by atoms with van der Waals surface area (Å²) in [5.41, 5.74) is 8.30. The monoisotopic (exact) mass is 368 g/mol. The molecule has 1 heterocycles. The number of halogens is 1. The molecule has 0 unspecified atom stereocenters. The Bertz CT molecular complexity index is 527. The van der Waals surface area contributed by atoms with E-state index in [9.17, 15) is 4.79 Å². The number of nitrogens with two attached hydrogens (primary N) is 1. The Morgan fingerprint density at radius 2 is 1.91 bits per heavy atom. The van der Waals surface area contributed by atoms with Gasteiger partial charge in [0.25, 0.3) is 0 Å². The van der Waals surface area contributed by atoms with E-state index in [-0.39, 0.29) is 5.91 Å². The van der Waals surface area contributed by atoms with Crippen LogP contribution >= 0.6 is 15.9 Å². The van der Waals surface area contributed by atoms with Crippen molar-refractivity contribution < 1.29 is 4.79 Å². The van der Waals surface area contributed by atoms with Crippen LogP contribution in [-0.2, 0) is 4.79 Å². The van der Waals surface area contributed by atoms with Crippen LogP contribution in [0.4, 0.5) is 11.4 Å². The molecule has 1 saturated heterocycles. The molecule has 0 radical (unpaired) electrons. The van der Waals surface area contributed by atoms with E-state index in [1.165, 1.54) is 0 Å². The largest absolute Gasteiger partial charge is 0.397 e. The third kappa shape index (κ3) is 4.69. The van der Waals surface area contributed by atoms with Crippen LogP contribution in [0.15, 0.2) is 16.6 Å². The average Bonchev–Trinajstić information content (AvgIpc) is 2.50. The first-order chi connectivity index (χ1) is 10.5. The SMILES string of the molecule is CCN1CCN(CCC(=O)Nc2cc(Br)cc(C)c2N)CC1. The van der Waals surface area contributed by atoms with Crippen LogP contribution in [-0.4, -0.2) is 55.0 Å². The quantitative estimate of drug-likeness (QED) is 0.782. The van der Waals surface area contributed by atoms with Crippen LogP contribution < -0.4 is 11.1 Å². The van der Waals surface area contributed by atoms with Crippen molar-refractivity contribution in [3.05, 3.63) is 22.2 Å². The molecular formula is C16H25BrN4O. The first-order valence-electron chi connectivity index (χ1n) is 7.79. The lowest BCUT2D eigenvalue weighted by atomic mass is 10.1. The Labute approximate surface area is 141 Å². The van der Waals surface area contributed by atoms with E-state index in [0.717, 1.165) is 49.3 Å². The van der Waals surface area contributed by atoms with Gasteiger partial charge < -0.3 is 20.9 Å². The molecule has 0 spiro atoms. The summed E-state index contributed by atoms with van der Waals surface area (Å²) in [5.74, 6) is 0.0159. The zero-order chi connectivity index (χ0) is 16.1. The molecular weight excluding hydrogens is 344 g/mol. The van der Waals surface area contributed by atoms with Gasteiger partial charge >= 0.3 is 0 Å². The van der Waals surface area contributed by atoms with Gasteiger partial charge in [-0.2, -0.15) is 0 Å². The number of likely N-dealkylation sites (N-methyl/N-ethyl adjacent to an activating group) is 1. The Morgan fingerprint density at radius 1 is 1.27 bits per heavy atom. The molecule has 1 fully saturated rings. The number of benzene rings is 1.